The molecule has 3 aliphatic rings. The van der Waals surface area contributed by atoms with Gasteiger partial charge >= 0.3 is 29.4 Å². The molecule has 0 spiro atoms. The first-order valence-electron chi connectivity index (χ1n) is 21.8. The van der Waals surface area contributed by atoms with Crippen LogP contribution in [0, 0.1) is 0 Å². The molecule has 2 aromatic heterocycles. The van der Waals surface area contributed by atoms with Crippen LogP contribution in [0.1, 0.15) is 29.4 Å². The van der Waals surface area contributed by atoms with E-state index >= 15 is 0 Å². The number of benzene rings is 3. The number of aromatic nitrogens is 4. The first kappa shape index (κ1) is 54.0. The fraction of sp³-hybridized carbons (Fsp3) is 0.357. The van der Waals surface area contributed by atoms with Crippen molar-refractivity contribution < 1.29 is 71.1 Å². The molecule has 2 unspecified atom stereocenters. The zero-order valence-electron chi connectivity index (χ0n) is 39.3. The summed E-state index contributed by atoms with van der Waals surface area (Å²) in [7, 11) is -6.97. The Balaban J connectivity index is 0.943. The van der Waals surface area contributed by atoms with E-state index in [-0.39, 0.29) is 54.9 Å². The lowest BCUT2D eigenvalue weighted by atomic mass is 9.91. The second-order valence-electron chi connectivity index (χ2n) is 16.8. The van der Waals surface area contributed by atoms with Crippen LogP contribution in [0.15, 0.2) is 73.3 Å². The molecule has 10 N–H and O–H groups in total. The zero-order valence-corrected chi connectivity index (χ0v) is 42.8. The third kappa shape index (κ3) is 12.9. The molecule has 0 radical (unpaired) electrons. The van der Waals surface area contributed by atoms with Gasteiger partial charge < -0.3 is 60.3 Å². The van der Waals surface area contributed by atoms with Crippen LogP contribution >= 0.6 is 34.7 Å². The predicted octanol–water partition coefficient (Wildman–Crippen LogP) is 2.43. The van der Waals surface area contributed by atoms with Gasteiger partial charge in [-0.05, 0) is 41.8 Å². The first-order valence-corrected chi connectivity index (χ1v) is 27.3. The number of hydrogen-bond acceptors (Lipinski definition) is 17. The molecule has 6 atom stereocenters. The van der Waals surface area contributed by atoms with E-state index in [1.165, 1.54) is 10.9 Å². The number of fused-ring (bicyclic) bond motifs is 3. The highest BCUT2D eigenvalue weighted by Crippen LogP contribution is 2.61. The highest BCUT2D eigenvalue weighted by molar-refractivity contribution is 7.70. The first-order chi connectivity index (χ1) is 33.9. The van der Waals surface area contributed by atoms with Crippen molar-refractivity contribution in [1.29, 1.82) is 0 Å². The van der Waals surface area contributed by atoms with Gasteiger partial charge in [0.15, 0.2) is 23.8 Å². The second-order valence-corrected chi connectivity index (χ2v) is 22.7. The number of rotatable bonds is 19. The number of ether oxygens (including phenoxy) is 2. The molecule has 3 amide bonds. The summed E-state index contributed by atoms with van der Waals surface area (Å²) in [6.45, 7) is -1.01. The van der Waals surface area contributed by atoms with Crippen molar-refractivity contribution in [1.82, 2.24) is 44.5 Å². The highest BCUT2D eigenvalue weighted by Gasteiger charge is 2.49. The maximum absolute atomic E-state index is 14.2. The Labute approximate surface area is 414 Å². The topological polar surface area (TPSA) is 356 Å². The summed E-state index contributed by atoms with van der Waals surface area (Å²) in [4.78, 5) is 95.2. The number of phosphoric acid groups is 1. The van der Waals surface area contributed by atoms with Gasteiger partial charge in [0.25, 0.3) is 5.91 Å². The molecule has 2 aliphatic heterocycles. The van der Waals surface area contributed by atoms with E-state index in [0.717, 1.165) is 53.9 Å². The van der Waals surface area contributed by atoms with Gasteiger partial charge in [0.2, 0.25) is 11.3 Å². The summed E-state index contributed by atoms with van der Waals surface area (Å²) >= 11 is 1.69. The van der Waals surface area contributed by atoms with E-state index in [1.54, 1.807) is 29.4 Å². The zero-order chi connectivity index (χ0) is 52.3. The van der Waals surface area contributed by atoms with Gasteiger partial charge in [-0.1, -0.05) is 24.3 Å². The summed E-state index contributed by atoms with van der Waals surface area (Å²) in [5.74, 6) is -0.610. The van der Waals surface area contributed by atoms with E-state index in [9.17, 15) is 43.0 Å². The SMILES string of the molecule is CN(CCCC(=O)NCCNC(=O)O[C@@H]1[C@H](O)[C@@H](COP(=O)(O)OP(=O)(O)NP(=O)(O)O)O[C@H]1n1cnc2c(N)ncnc21)C(=O)c1ccccc1-c1c2ccc(=[N+](C)C)cc-2sc2cc(N(C)C)ccc12. The van der Waals surface area contributed by atoms with Gasteiger partial charge in [-0.15, -0.1) is 16.2 Å². The molecule has 2 aromatic carbocycles. The molecule has 1 fully saturated rings. The molecule has 7 rings (SSSR count). The van der Waals surface area contributed by atoms with Crippen LogP contribution in [0.4, 0.5) is 16.3 Å². The number of aliphatic hydroxyl groups is 1. The van der Waals surface area contributed by atoms with Gasteiger partial charge in [0, 0.05) is 91.1 Å². The van der Waals surface area contributed by atoms with Crippen LogP contribution in [0.3, 0.4) is 0 Å². The summed E-state index contributed by atoms with van der Waals surface area (Å²) in [5.41, 5.74) is 10.4. The second kappa shape index (κ2) is 22.2. The molecule has 1 saturated heterocycles. The number of nitrogens with one attached hydrogen (secondary N) is 3. The van der Waals surface area contributed by atoms with Crippen molar-refractivity contribution in [3.8, 4) is 21.6 Å². The van der Waals surface area contributed by atoms with Crippen molar-refractivity contribution in [3.63, 3.8) is 0 Å². The van der Waals surface area contributed by atoms with Crippen LogP contribution in [-0.4, -0.2) is 147 Å². The number of phosphoric ester groups is 1. The number of nitrogens with zero attached hydrogens (tertiary/aromatic N) is 7. The Kier molecular flexibility index (Phi) is 16.6. The van der Waals surface area contributed by atoms with E-state index in [4.69, 9.17) is 25.0 Å². The van der Waals surface area contributed by atoms with E-state index < -0.39 is 60.6 Å². The van der Waals surface area contributed by atoms with Gasteiger partial charge in [-0.3, -0.25) is 18.7 Å². The van der Waals surface area contributed by atoms with Crippen molar-refractivity contribution in [2.75, 3.05) is 72.1 Å². The summed E-state index contributed by atoms with van der Waals surface area (Å²) in [6, 6.07) is 20.1. The van der Waals surface area contributed by atoms with Crippen LogP contribution in [0.5, 0.6) is 0 Å². The number of nitrogen functional groups attached to an aromatic ring is 1. The number of imidazole rings is 1. The summed E-state index contributed by atoms with van der Waals surface area (Å²) in [6.07, 6.45) is -4.99. The van der Waals surface area contributed by atoms with Crippen LogP contribution < -0.4 is 36.1 Å². The summed E-state index contributed by atoms with van der Waals surface area (Å²) < 4.78 is 59.8. The molecular formula is C42H53N11O15P3S+. The Morgan fingerprint density at radius 1 is 0.944 bits per heavy atom. The van der Waals surface area contributed by atoms with Crippen LogP contribution in [0.2, 0.25) is 0 Å². The standard InChI is InChI=1S/C42H52N11O15P3S/c1-50(2)24-12-14-28-31(19-24)72-32-20-25(51(3)4)13-15-29(32)34(28)26-9-6-7-10-27(26)40(56)52(5)18-8-11-33(54)44-16-17-45-42(57)67-37-36(55)30(21-65-71(63,64)68-70(61,62)49-69(58,59)60)66-41(37)53-23-48-35-38(43)46-22-47-39(35)53/h6-7,9-10,12-15,19-20,22-23,30,36-37,41,55H,8,11,16-18,21H2,1-5H3,(H8-,43,44,45,46,47,49,54,57,58,59,60,61,62,63,64)/p+1/t30-,36-,37-,41-/m1/s1. The van der Waals surface area contributed by atoms with E-state index in [1.807, 2.05) is 55.9 Å². The lowest BCUT2D eigenvalue weighted by molar-refractivity contribution is -0.121. The molecule has 26 nitrogen and oxygen atoms in total. The highest BCUT2D eigenvalue weighted by atomic mass is 32.1. The number of alkyl carbamates (subject to hydrolysis) is 1. The fourth-order valence-corrected chi connectivity index (χ4v) is 12.4. The smallest absolute Gasteiger partial charge is 0.439 e. The molecule has 1 aliphatic carbocycles. The van der Waals surface area contributed by atoms with Crippen molar-refractivity contribution in [2.45, 2.75) is 37.4 Å². The van der Waals surface area contributed by atoms with Gasteiger partial charge in [0.05, 0.1) is 12.9 Å². The van der Waals surface area contributed by atoms with Crippen molar-refractivity contribution >= 4 is 85.3 Å². The van der Waals surface area contributed by atoms with Gasteiger partial charge in [0.1, 0.15) is 38.1 Å². The average Bonchev–Trinajstić information content (AvgIpc) is 3.87. The molecule has 386 valence electrons. The Morgan fingerprint density at radius 2 is 1.68 bits per heavy atom. The normalized spacial score (nSPS) is 18.6. The Hall–Kier alpha value is -5.76. The molecule has 0 saturated carbocycles. The third-order valence-electron chi connectivity index (χ3n) is 11.2. The Bertz CT molecular complexity index is 3200. The molecule has 4 aromatic rings. The number of aliphatic hydroxyl groups excluding tert-OH is 1. The predicted molar refractivity (Wildman–Crippen MR) is 264 cm³/mol. The van der Waals surface area contributed by atoms with Crippen LogP contribution in [0.25, 0.3) is 42.8 Å². The Morgan fingerprint density at radius 3 is 2.40 bits per heavy atom. The largest absolute Gasteiger partial charge is 0.480 e. The number of hydrogen-bond donors (Lipinski definition) is 9. The number of anilines is 2. The molecule has 72 heavy (non-hydrogen) atoms. The molecule has 30 heteroatoms. The number of carbonyl (C=O) groups excluding carboxylic acids is 3. The van der Waals surface area contributed by atoms with Gasteiger partial charge in [-0.2, -0.15) is 4.31 Å². The summed E-state index contributed by atoms with van der Waals surface area (Å²) in [5, 5.41) is 18.4. The number of nitrogens with two attached hydrogens (primary N) is 1. The minimum atomic E-state index is -5.61. The fourth-order valence-electron chi connectivity index (χ4n) is 7.78. The number of carbonyl (C=O) groups is 3. The van der Waals surface area contributed by atoms with Crippen molar-refractivity contribution in [2.24, 2.45) is 0 Å². The maximum atomic E-state index is 14.2. The number of amides is 3. The minimum absolute atomic E-state index is 0.0310. The van der Waals surface area contributed by atoms with Gasteiger partial charge in [-0.25, -0.2) is 38.0 Å². The monoisotopic (exact) mass is 1080 g/mol. The third-order valence-corrected chi connectivity index (χ3v) is 16.6. The molecular weight excluding hydrogens is 1020 g/mol. The van der Waals surface area contributed by atoms with E-state index in [0.29, 0.717) is 12.0 Å². The van der Waals surface area contributed by atoms with E-state index in [2.05, 4.69) is 70.8 Å². The lowest BCUT2D eigenvalue weighted by Gasteiger charge is -2.22. The average molecular weight is 1080 g/mol. The minimum Gasteiger partial charge on any atom is -0.439 e. The quantitative estimate of drug-likeness (QED) is 0.0243. The molecule has 4 heterocycles. The van der Waals surface area contributed by atoms with Crippen LogP contribution in [-0.2, 0) is 36.8 Å². The molecule has 0 bridgehead atoms. The maximum Gasteiger partial charge on any atom is 0.480 e. The lowest BCUT2D eigenvalue weighted by Crippen LogP contribution is -2.41. The van der Waals surface area contributed by atoms with Crippen molar-refractivity contribution in [3.05, 3.63) is 84.2 Å².